The molecule has 0 radical (unpaired) electrons. The molecule has 0 bridgehead atoms. The summed E-state index contributed by atoms with van der Waals surface area (Å²) >= 11 is 0. The van der Waals surface area contributed by atoms with E-state index >= 15 is 0 Å². The summed E-state index contributed by atoms with van der Waals surface area (Å²) in [6.07, 6.45) is 2.99. The third kappa shape index (κ3) is 4.12. The van der Waals surface area contributed by atoms with Gasteiger partial charge in [0.2, 0.25) is 0 Å². The van der Waals surface area contributed by atoms with Gasteiger partial charge in [0.05, 0.1) is 10.9 Å². The van der Waals surface area contributed by atoms with Crippen LogP contribution >= 0.6 is 0 Å². The van der Waals surface area contributed by atoms with Crippen molar-refractivity contribution in [3.05, 3.63) is 47.9 Å². The van der Waals surface area contributed by atoms with Crippen LogP contribution in [0.4, 0.5) is 5.82 Å². The molecule has 0 amide bonds. The molecule has 2 rings (SSSR count). The zero-order chi connectivity index (χ0) is 18.1. The van der Waals surface area contributed by atoms with Gasteiger partial charge in [-0.1, -0.05) is 32.9 Å². The largest absolute Gasteiger partial charge is 0.353 e. The van der Waals surface area contributed by atoms with E-state index in [4.69, 9.17) is 0 Å². The maximum atomic E-state index is 11.6. The van der Waals surface area contributed by atoms with Gasteiger partial charge in [-0.3, -0.25) is 0 Å². The van der Waals surface area contributed by atoms with Crippen LogP contribution in [0.2, 0.25) is 0 Å². The molecule has 0 saturated carbocycles. The predicted molar refractivity (Wildman–Crippen MR) is 97.1 cm³/mol. The molecule has 1 aromatic carbocycles. The number of benzene rings is 1. The number of rotatable bonds is 4. The molecule has 5 nitrogen and oxygen atoms in total. The molecule has 0 fully saturated rings. The summed E-state index contributed by atoms with van der Waals surface area (Å²) in [7, 11) is -1.20. The van der Waals surface area contributed by atoms with Gasteiger partial charge in [-0.2, -0.15) is 0 Å². The first-order valence-electron chi connectivity index (χ1n) is 7.86. The van der Waals surface area contributed by atoms with Crippen LogP contribution in [-0.2, 0) is 15.3 Å². The minimum absolute atomic E-state index is 0.0568. The van der Waals surface area contributed by atoms with E-state index in [1.54, 1.807) is 18.3 Å². The smallest absolute Gasteiger partial charge is 0.175 e. The van der Waals surface area contributed by atoms with Crippen LogP contribution in [0.5, 0.6) is 0 Å². The van der Waals surface area contributed by atoms with Gasteiger partial charge in [0.25, 0.3) is 0 Å². The Bertz CT molecular complexity index is 809. The molecule has 1 atom stereocenters. The topological polar surface area (TPSA) is 63.2 Å². The molecule has 0 aliphatic carbocycles. The summed E-state index contributed by atoms with van der Waals surface area (Å²) < 4.78 is 23.1. The molecule has 1 heterocycles. The second-order valence-corrected chi connectivity index (χ2v) is 9.13. The van der Waals surface area contributed by atoms with E-state index in [1.807, 2.05) is 25.2 Å². The van der Waals surface area contributed by atoms with Gasteiger partial charge >= 0.3 is 0 Å². The summed E-state index contributed by atoms with van der Waals surface area (Å²) in [5, 5.41) is 0. The van der Waals surface area contributed by atoms with Gasteiger partial charge in [0.1, 0.15) is 11.6 Å². The van der Waals surface area contributed by atoms with Gasteiger partial charge in [-0.25, -0.2) is 18.4 Å². The fourth-order valence-corrected chi connectivity index (χ4v) is 2.95. The molecule has 1 unspecified atom stereocenters. The highest BCUT2D eigenvalue weighted by Gasteiger charge is 2.20. The van der Waals surface area contributed by atoms with Crippen LogP contribution in [0.1, 0.15) is 45.1 Å². The Labute approximate surface area is 144 Å². The highest BCUT2D eigenvalue weighted by Crippen LogP contribution is 2.26. The summed E-state index contributed by atoms with van der Waals surface area (Å²) in [4.78, 5) is 11.4. The molecule has 0 aliphatic rings. The molecule has 2 aromatic rings. The summed E-state index contributed by atoms with van der Waals surface area (Å²) in [5.74, 6) is 1.64. The summed E-state index contributed by atoms with van der Waals surface area (Å²) in [5.41, 5.74) is 0.915. The Balaban J connectivity index is 2.28. The first kappa shape index (κ1) is 18.4. The summed E-state index contributed by atoms with van der Waals surface area (Å²) in [6, 6.07) is 8.94. The first-order chi connectivity index (χ1) is 11.0. The van der Waals surface area contributed by atoms with Crippen LogP contribution in [-0.4, -0.2) is 31.7 Å². The second-order valence-electron chi connectivity index (χ2n) is 7.12. The Morgan fingerprint density at radius 3 is 2.17 bits per heavy atom. The normalized spacial score (nSPS) is 13.6. The monoisotopic (exact) mass is 347 g/mol. The lowest BCUT2D eigenvalue weighted by Crippen LogP contribution is -2.25. The van der Waals surface area contributed by atoms with E-state index in [0.29, 0.717) is 4.90 Å². The molecular weight excluding hydrogens is 322 g/mol. The van der Waals surface area contributed by atoms with Crippen molar-refractivity contribution in [2.24, 2.45) is 0 Å². The summed E-state index contributed by atoms with van der Waals surface area (Å²) in [6.45, 7) is 8.31. The molecule has 0 spiro atoms. The minimum atomic E-state index is -3.17. The number of hydrogen-bond acceptors (Lipinski definition) is 5. The number of sulfone groups is 1. The molecule has 0 aliphatic heterocycles. The average molecular weight is 347 g/mol. The maximum absolute atomic E-state index is 11.6. The van der Waals surface area contributed by atoms with Crippen molar-refractivity contribution < 1.29 is 8.42 Å². The van der Waals surface area contributed by atoms with Gasteiger partial charge in [-0.05, 0) is 30.7 Å². The van der Waals surface area contributed by atoms with E-state index in [9.17, 15) is 8.42 Å². The Kier molecular flexibility index (Phi) is 4.99. The lowest BCUT2D eigenvalue weighted by Gasteiger charge is -2.27. The van der Waals surface area contributed by atoms with Crippen molar-refractivity contribution in [3.63, 3.8) is 0 Å². The second kappa shape index (κ2) is 6.51. The Morgan fingerprint density at radius 1 is 1.08 bits per heavy atom. The molecule has 0 N–H and O–H groups in total. The highest BCUT2D eigenvalue weighted by atomic mass is 32.2. The third-order valence-electron chi connectivity index (χ3n) is 4.04. The first-order valence-corrected chi connectivity index (χ1v) is 9.75. The fraction of sp³-hybridized carbons (Fsp3) is 0.444. The number of anilines is 1. The van der Waals surface area contributed by atoms with Crippen molar-refractivity contribution >= 4 is 15.7 Å². The van der Waals surface area contributed by atoms with Crippen LogP contribution in [0, 0.1) is 0 Å². The number of hydrogen-bond donors (Lipinski definition) is 0. The van der Waals surface area contributed by atoms with Crippen molar-refractivity contribution in [1.82, 2.24) is 9.97 Å². The van der Waals surface area contributed by atoms with Crippen molar-refractivity contribution in [3.8, 4) is 0 Å². The lowest BCUT2D eigenvalue weighted by atomic mass is 9.96. The van der Waals surface area contributed by atoms with Gasteiger partial charge in [-0.15, -0.1) is 0 Å². The zero-order valence-electron chi connectivity index (χ0n) is 15.1. The molecule has 0 saturated heterocycles. The quantitative estimate of drug-likeness (QED) is 0.848. The van der Waals surface area contributed by atoms with Crippen LogP contribution in [0.15, 0.2) is 41.4 Å². The third-order valence-corrected chi connectivity index (χ3v) is 5.17. The molecule has 24 heavy (non-hydrogen) atoms. The van der Waals surface area contributed by atoms with E-state index in [2.05, 4.69) is 42.6 Å². The van der Waals surface area contributed by atoms with Gasteiger partial charge in [0.15, 0.2) is 9.84 Å². The average Bonchev–Trinajstić information content (AvgIpc) is 2.52. The van der Waals surface area contributed by atoms with Crippen molar-refractivity contribution in [2.45, 2.75) is 44.0 Å². The van der Waals surface area contributed by atoms with E-state index < -0.39 is 9.84 Å². The SMILES string of the molecule is CC(c1ccc(S(C)(=O)=O)cc1)N(C)c1ccnc(C(C)(C)C)n1. The van der Waals surface area contributed by atoms with Gasteiger partial charge < -0.3 is 4.90 Å². The van der Waals surface area contributed by atoms with Gasteiger partial charge in [0, 0.05) is 24.9 Å². The van der Waals surface area contributed by atoms with E-state index in [-0.39, 0.29) is 11.5 Å². The predicted octanol–water partition coefficient (Wildman–Crippen LogP) is 3.38. The van der Waals surface area contributed by atoms with Crippen molar-refractivity contribution in [2.75, 3.05) is 18.2 Å². The van der Waals surface area contributed by atoms with Crippen molar-refractivity contribution in [1.29, 1.82) is 0 Å². The Hall–Kier alpha value is -1.95. The highest BCUT2D eigenvalue weighted by molar-refractivity contribution is 7.90. The van der Waals surface area contributed by atoms with E-state index in [1.165, 1.54) is 6.26 Å². The zero-order valence-corrected chi connectivity index (χ0v) is 15.9. The Morgan fingerprint density at radius 2 is 1.67 bits per heavy atom. The molecule has 1 aromatic heterocycles. The van der Waals surface area contributed by atoms with Crippen LogP contribution in [0.25, 0.3) is 0 Å². The van der Waals surface area contributed by atoms with E-state index in [0.717, 1.165) is 17.2 Å². The fourth-order valence-electron chi connectivity index (χ4n) is 2.32. The lowest BCUT2D eigenvalue weighted by molar-refractivity contribution is 0.543. The molecule has 6 heteroatoms. The van der Waals surface area contributed by atoms with Crippen LogP contribution < -0.4 is 4.90 Å². The molecular formula is C18H25N3O2S. The van der Waals surface area contributed by atoms with Crippen LogP contribution in [0.3, 0.4) is 0 Å². The number of aromatic nitrogens is 2. The standard InChI is InChI=1S/C18H25N3O2S/c1-13(14-7-9-15(10-8-14)24(6,22)23)21(5)16-11-12-19-17(20-16)18(2,3)4/h7-13H,1-6H3. The molecule has 130 valence electrons. The number of nitrogens with zero attached hydrogens (tertiary/aromatic N) is 3. The minimum Gasteiger partial charge on any atom is -0.353 e. The maximum Gasteiger partial charge on any atom is 0.175 e.